The Hall–Kier alpha value is -4.21. The van der Waals surface area contributed by atoms with E-state index < -0.39 is 4.92 Å². The minimum Gasteiger partial charge on any atom is -0.497 e. The molecular weight excluding hydrogens is 426 g/mol. The smallest absolute Gasteiger partial charge is 0.300 e. The Morgan fingerprint density at radius 3 is 2.67 bits per heavy atom. The van der Waals surface area contributed by atoms with E-state index in [0.717, 1.165) is 27.6 Å². The molecule has 0 saturated carbocycles. The second-order valence-corrected chi connectivity index (χ2v) is 7.60. The van der Waals surface area contributed by atoms with E-state index in [4.69, 9.17) is 9.37 Å². The summed E-state index contributed by atoms with van der Waals surface area (Å²) >= 11 is 0. The number of nitrogens with one attached hydrogen (secondary N) is 2. The van der Waals surface area contributed by atoms with Crippen LogP contribution < -0.4 is 15.4 Å². The molecular formula is C23H23N5O5. The van der Waals surface area contributed by atoms with Crippen LogP contribution in [-0.4, -0.2) is 41.3 Å². The fourth-order valence-corrected chi connectivity index (χ4v) is 3.82. The summed E-state index contributed by atoms with van der Waals surface area (Å²) in [5.41, 5.74) is 3.15. The number of hydrogen-bond donors (Lipinski definition) is 2. The fraction of sp³-hybridized carbons (Fsp3) is 0.261. The standard InChI is InChI=1S/C23H23N5O5/c1-14(29)24-10-8-17-12-15(11-16-3-4-18(32-2)13-19(16)17)7-9-25-20-5-6-21(28(30)31)23-22(20)26-33-27-23/h3-6,11-13,25H,7-10H2,1-2H3,(H,24,29). The van der Waals surface area contributed by atoms with E-state index in [1.165, 1.54) is 13.0 Å². The molecule has 10 heteroatoms. The van der Waals surface area contributed by atoms with E-state index in [-0.39, 0.29) is 17.1 Å². The van der Waals surface area contributed by atoms with Crippen molar-refractivity contribution in [2.75, 3.05) is 25.5 Å². The maximum atomic E-state index is 11.3. The second kappa shape index (κ2) is 9.51. The van der Waals surface area contributed by atoms with Crippen LogP contribution in [0, 0.1) is 10.1 Å². The average Bonchev–Trinajstić information content (AvgIpc) is 3.28. The van der Waals surface area contributed by atoms with Gasteiger partial charge >= 0.3 is 5.69 Å². The van der Waals surface area contributed by atoms with Crippen molar-refractivity contribution < 1.29 is 19.1 Å². The molecule has 0 aliphatic rings. The minimum atomic E-state index is -0.511. The number of non-ortho nitro benzene ring substituents is 1. The normalized spacial score (nSPS) is 11.0. The van der Waals surface area contributed by atoms with Gasteiger partial charge in [-0.3, -0.25) is 14.9 Å². The first-order valence-corrected chi connectivity index (χ1v) is 10.4. The van der Waals surface area contributed by atoms with Crippen LogP contribution >= 0.6 is 0 Å². The number of methoxy groups -OCH3 is 1. The lowest BCUT2D eigenvalue weighted by atomic mass is 9.97. The topological polar surface area (TPSA) is 132 Å². The molecule has 2 N–H and O–H groups in total. The Balaban J connectivity index is 1.54. The summed E-state index contributed by atoms with van der Waals surface area (Å²) in [6.45, 7) is 2.62. The molecule has 33 heavy (non-hydrogen) atoms. The maximum absolute atomic E-state index is 11.3. The minimum absolute atomic E-state index is 0.0611. The zero-order valence-corrected chi connectivity index (χ0v) is 18.3. The van der Waals surface area contributed by atoms with Gasteiger partial charge in [0, 0.05) is 26.1 Å². The molecule has 0 spiro atoms. The highest BCUT2D eigenvalue weighted by molar-refractivity contribution is 5.93. The number of rotatable bonds is 9. The van der Waals surface area contributed by atoms with Gasteiger partial charge in [-0.1, -0.05) is 18.2 Å². The molecule has 0 radical (unpaired) electrons. The SMILES string of the molecule is COc1ccc2cc(CCNc3ccc([N+](=O)[O-])c4nonc34)cc(CCNC(C)=O)c2c1. The van der Waals surface area contributed by atoms with Crippen molar-refractivity contribution in [1.29, 1.82) is 0 Å². The highest BCUT2D eigenvalue weighted by Crippen LogP contribution is 2.29. The monoisotopic (exact) mass is 449 g/mol. The summed E-state index contributed by atoms with van der Waals surface area (Å²) < 4.78 is 10.1. The van der Waals surface area contributed by atoms with Gasteiger partial charge in [-0.15, -0.1) is 0 Å². The predicted octanol–water partition coefficient (Wildman–Crippen LogP) is 3.63. The van der Waals surface area contributed by atoms with Crippen molar-refractivity contribution in [3.8, 4) is 5.75 Å². The number of ether oxygens (including phenoxy) is 1. The number of aromatic nitrogens is 2. The number of carbonyl (C=O) groups is 1. The second-order valence-electron chi connectivity index (χ2n) is 7.60. The Morgan fingerprint density at radius 2 is 1.91 bits per heavy atom. The van der Waals surface area contributed by atoms with Gasteiger partial charge < -0.3 is 15.4 Å². The molecule has 0 atom stereocenters. The van der Waals surface area contributed by atoms with Crippen LogP contribution in [0.4, 0.5) is 11.4 Å². The van der Waals surface area contributed by atoms with Crippen LogP contribution in [-0.2, 0) is 17.6 Å². The molecule has 170 valence electrons. The third-order valence-electron chi connectivity index (χ3n) is 5.40. The first-order valence-electron chi connectivity index (χ1n) is 10.4. The zero-order chi connectivity index (χ0) is 23.4. The molecule has 10 nitrogen and oxygen atoms in total. The quantitative estimate of drug-likeness (QED) is 0.292. The lowest BCUT2D eigenvalue weighted by Gasteiger charge is -2.13. The van der Waals surface area contributed by atoms with E-state index in [1.54, 1.807) is 13.2 Å². The maximum Gasteiger partial charge on any atom is 0.300 e. The summed E-state index contributed by atoms with van der Waals surface area (Å²) in [6, 6.07) is 13.2. The number of nitro benzene ring substituents is 1. The molecule has 0 aliphatic carbocycles. The molecule has 1 amide bonds. The van der Waals surface area contributed by atoms with Gasteiger partial charge in [0.2, 0.25) is 11.4 Å². The Labute approximate surface area is 189 Å². The molecule has 0 saturated heterocycles. The number of hydrogen-bond acceptors (Lipinski definition) is 8. The highest BCUT2D eigenvalue weighted by atomic mass is 16.6. The predicted molar refractivity (Wildman–Crippen MR) is 124 cm³/mol. The first kappa shape index (κ1) is 22.0. The summed E-state index contributed by atoms with van der Waals surface area (Å²) in [7, 11) is 1.64. The summed E-state index contributed by atoms with van der Waals surface area (Å²) in [6.07, 6.45) is 1.40. The molecule has 3 aromatic carbocycles. The van der Waals surface area contributed by atoms with Crippen molar-refractivity contribution in [2.24, 2.45) is 0 Å². The Morgan fingerprint density at radius 1 is 1.09 bits per heavy atom. The van der Waals surface area contributed by atoms with Crippen molar-refractivity contribution in [1.82, 2.24) is 15.6 Å². The molecule has 4 aromatic rings. The molecule has 1 aromatic heterocycles. The molecule has 0 unspecified atom stereocenters. The molecule has 0 aliphatic heterocycles. The van der Waals surface area contributed by atoms with Crippen LogP contribution in [0.2, 0.25) is 0 Å². The van der Waals surface area contributed by atoms with Crippen molar-refractivity contribution in [2.45, 2.75) is 19.8 Å². The summed E-state index contributed by atoms with van der Waals surface area (Å²) in [5, 5.41) is 26.9. The summed E-state index contributed by atoms with van der Waals surface area (Å²) in [4.78, 5) is 21.9. The van der Waals surface area contributed by atoms with Crippen LogP contribution in [0.15, 0.2) is 47.1 Å². The molecule has 0 fully saturated rings. The van der Waals surface area contributed by atoms with E-state index in [0.29, 0.717) is 37.1 Å². The molecule has 1 heterocycles. The molecule has 4 rings (SSSR count). The fourth-order valence-electron chi connectivity index (χ4n) is 3.82. The lowest BCUT2D eigenvalue weighted by Crippen LogP contribution is -2.22. The van der Waals surface area contributed by atoms with Gasteiger partial charge in [0.15, 0.2) is 5.52 Å². The van der Waals surface area contributed by atoms with E-state index in [9.17, 15) is 14.9 Å². The van der Waals surface area contributed by atoms with E-state index in [1.807, 2.05) is 18.2 Å². The third-order valence-corrected chi connectivity index (χ3v) is 5.40. The number of carbonyl (C=O) groups excluding carboxylic acids is 1. The van der Waals surface area contributed by atoms with Gasteiger partial charge in [0.05, 0.1) is 17.7 Å². The Kier molecular flexibility index (Phi) is 6.34. The number of benzene rings is 3. The summed E-state index contributed by atoms with van der Waals surface area (Å²) in [5.74, 6) is 0.718. The highest BCUT2D eigenvalue weighted by Gasteiger charge is 2.19. The Bertz CT molecular complexity index is 1330. The van der Waals surface area contributed by atoms with Gasteiger partial charge in [-0.2, -0.15) is 0 Å². The number of amides is 1. The van der Waals surface area contributed by atoms with Crippen molar-refractivity contribution in [3.63, 3.8) is 0 Å². The van der Waals surface area contributed by atoms with Gasteiger partial charge in [0.25, 0.3) is 0 Å². The van der Waals surface area contributed by atoms with Crippen LogP contribution in [0.25, 0.3) is 21.8 Å². The van der Waals surface area contributed by atoms with Crippen LogP contribution in [0.3, 0.4) is 0 Å². The zero-order valence-electron chi connectivity index (χ0n) is 18.3. The van der Waals surface area contributed by atoms with Crippen LogP contribution in [0.5, 0.6) is 5.75 Å². The van der Waals surface area contributed by atoms with Crippen LogP contribution in [0.1, 0.15) is 18.1 Å². The van der Waals surface area contributed by atoms with Crippen molar-refractivity contribution >= 4 is 39.1 Å². The average molecular weight is 449 g/mol. The van der Waals surface area contributed by atoms with Gasteiger partial charge in [-0.05, 0) is 63.3 Å². The third kappa shape index (κ3) is 4.84. The van der Waals surface area contributed by atoms with Gasteiger partial charge in [0.1, 0.15) is 5.75 Å². The van der Waals surface area contributed by atoms with Gasteiger partial charge in [-0.25, -0.2) is 4.63 Å². The number of fused-ring (bicyclic) bond motifs is 2. The number of nitro groups is 1. The van der Waals surface area contributed by atoms with E-state index in [2.05, 4.69) is 33.1 Å². The van der Waals surface area contributed by atoms with Crippen molar-refractivity contribution in [3.05, 3.63) is 63.7 Å². The van der Waals surface area contributed by atoms with E-state index >= 15 is 0 Å². The lowest BCUT2D eigenvalue weighted by molar-refractivity contribution is -0.383. The number of anilines is 1. The largest absolute Gasteiger partial charge is 0.497 e. The number of nitrogens with zero attached hydrogens (tertiary/aromatic N) is 3. The first-order chi connectivity index (χ1) is 16.0. The molecule has 0 bridgehead atoms.